The van der Waals surface area contributed by atoms with Crippen LogP contribution in [0.3, 0.4) is 0 Å². The van der Waals surface area contributed by atoms with Gasteiger partial charge in [-0.25, -0.2) is 9.48 Å². The Morgan fingerprint density at radius 1 is 1.16 bits per heavy atom. The van der Waals surface area contributed by atoms with Crippen molar-refractivity contribution in [1.29, 1.82) is 0 Å². The van der Waals surface area contributed by atoms with E-state index in [4.69, 9.17) is 33.0 Å². The van der Waals surface area contributed by atoms with E-state index in [9.17, 15) is 14.4 Å². The lowest BCUT2D eigenvalue weighted by molar-refractivity contribution is -0.294. The average Bonchev–Trinajstić information content (AvgIpc) is 3.15. The fourth-order valence-electron chi connectivity index (χ4n) is 3.12. The molecule has 2 heterocycles. The predicted octanol–water partition coefficient (Wildman–Crippen LogP) is 2.41. The molecule has 1 fully saturated rings. The Morgan fingerprint density at radius 3 is 2.52 bits per heavy atom. The van der Waals surface area contributed by atoms with Crippen molar-refractivity contribution in [2.75, 3.05) is 18.0 Å². The summed E-state index contributed by atoms with van der Waals surface area (Å²) in [5, 5.41) is 8.18. The van der Waals surface area contributed by atoms with E-state index >= 15 is 0 Å². The number of hydrogen-bond donors (Lipinski definition) is 0. The van der Waals surface area contributed by atoms with Crippen molar-refractivity contribution in [3.05, 3.63) is 34.6 Å². The molecule has 12 heteroatoms. The molecular weight excluding hydrogens is 449 g/mol. The smallest absolute Gasteiger partial charge is 0.318 e. The second-order valence-corrected chi connectivity index (χ2v) is 7.92. The van der Waals surface area contributed by atoms with Gasteiger partial charge in [0.05, 0.1) is 23.7 Å². The number of piperazine rings is 1. The molecule has 1 saturated heterocycles. The summed E-state index contributed by atoms with van der Waals surface area (Å²) < 4.78 is 1.38. The van der Waals surface area contributed by atoms with Crippen molar-refractivity contribution < 1.29 is 24.2 Å². The third-order valence-corrected chi connectivity index (χ3v) is 4.93. The fourth-order valence-corrected chi connectivity index (χ4v) is 3.41. The van der Waals surface area contributed by atoms with E-state index in [-0.39, 0.29) is 30.8 Å². The molecule has 0 radical (unpaired) electrons. The highest BCUT2D eigenvalue weighted by atomic mass is 35.5. The first-order valence-corrected chi connectivity index (χ1v) is 10.3. The lowest BCUT2D eigenvalue weighted by atomic mass is 10.1. The van der Waals surface area contributed by atoms with Crippen LogP contribution in [-0.2, 0) is 24.2 Å². The van der Waals surface area contributed by atoms with Crippen molar-refractivity contribution in [1.82, 2.24) is 19.9 Å². The molecule has 2 amide bonds. The van der Waals surface area contributed by atoms with Crippen LogP contribution in [-0.4, -0.2) is 62.9 Å². The van der Waals surface area contributed by atoms with Crippen molar-refractivity contribution in [2.45, 2.75) is 39.3 Å². The van der Waals surface area contributed by atoms with E-state index in [1.54, 1.807) is 39.0 Å². The molecule has 166 valence electrons. The lowest BCUT2D eigenvalue weighted by Crippen LogP contribution is -2.59. The van der Waals surface area contributed by atoms with Gasteiger partial charge >= 0.3 is 5.97 Å². The number of nitrogens with zero attached hydrogens (tertiary/aromatic N) is 5. The van der Waals surface area contributed by atoms with Gasteiger partial charge in [-0.1, -0.05) is 35.3 Å². The second-order valence-electron chi connectivity index (χ2n) is 7.09. The first kappa shape index (κ1) is 23.0. The fraction of sp³-hybridized carbons (Fsp3) is 0.421. The molecule has 0 aliphatic carbocycles. The molecule has 1 aromatic heterocycles. The van der Waals surface area contributed by atoms with Crippen LogP contribution >= 0.6 is 23.2 Å². The second kappa shape index (κ2) is 9.63. The third kappa shape index (κ3) is 5.15. The summed E-state index contributed by atoms with van der Waals surface area (Å²) in [4.78, 5) is 50.4. The van der Waals surface area contributed by atoms with Gasteiger partial charge in [0.1, 0.15) is 19.1 Å². The number of rotatable bonds is 7. The molecule has 10 nitrogen and oxygen atoms in total. The highest BCUT2D eigenvalue weighted by Gasteiger charge is 2.39. The summed E-state index contributed by atoms with van der Waals surface area (Å²) in [6.45, 7) is 4.52. The number of aromatic nitrogens is 3. The minimum Gasteiger partial charge on any atom is -0.318 e. The first-order chi connectivity index (χ1) is 14.7. The molecule has 2 aromatic rings. The van der Waals surface area contributed by atoms with Crippen molar-refractivity contribution in [3.63, 3.8) is 0 Å². The van der Waals surface area contributed by atoms with Crippen LogP contribution in [0.15, 0.2) is 24.4 Å². The molecular formula is C19H21Cl2N5O5. The van der Waals surface area contributed by atoms with Gasteiger partial charge < -0.3 is 4.90 Å². The summed E-state index contributed by atoms with van der Waals surface area (Å²) in [6.07, 6.45) is 1.40. The number of carbonyl (C=O) groups is 3. The van der Waals surface area contributed by atoms with Crippen LogP contribution < -0.4 is 4.90 Å². The SMILES string of the molecule is CCC(C(=O)OOC(C)C)N1CC(=O)N(c2cc(Cl)ccc2-n2cc(Cl)nn2)CC1=O. The maximum atomic E-state index is 13.0. The Labute approximate surface area is 188 Å². The standard InChI is InChI=1S/C19H21Cl2N5O5/c1-4-13(19(29)31-30-11(2)3)24-9-18(28)25(10-17(24)27)15-7-12(20)5-6-14(15)26-8-16(21)22-23-26/h5-8,11,13H,4,9-10H2,1-3H3. The zero-order valence-corrected chi connectivity index (χ0v) is 18.6. The lowest BCUT2D eigenvalue weighted by Gasteiger charge is -2.37. The van der Waals surface area contributed by atoms with Gasteiger partial charge in [-0.05, 0) is 38.5 Å². The summed E-state index contributed by atoms with van der Waals surface area (Å²) in [5.74, 6) is -1.55. The number of carbonyl (C=O) groups excluding carboxylic acids is 3. The number of halogens is 2. The summed E-state index contributed by atoms with van der Waals surface area (Å²) >= 11 is 12.0. The van der Waals surface area contributed by atoms with E-state index < -0.39 is 23.8 Å². The van der Waals surface area contributed by atoms with Crippen molar-refractivity contribution in [2.24, 2.45) is 0 Å². The summed E-state index contributed by atoms with van der Waals surface area (Å²) in [7, 11) is 0. The van der Waals surface area contributed by atoms with Gasteiger partial charge in [-0.2, -0.15) is 4.89 Å². The van der Waals surface area contributed by atoms with Crippen LogP contribution in [0.1, 0.15) is 27.2 Å². The van der Waals surface area contributed by atoms with Gasteiger partial charge in [0.2, 0.25) is 11.8 Å². The average molecular weight is 470 g/mol. The quantitative estimate of drug-likeness (QED) is 0.452. The van der Waals surface area contributed by atoms with Gasteiger partial charge in [0, 0.05) is 5.02 Å². The van der Waals surface area contributed by atoms with E-state index in [0.29, 0.717) is 16.4 Å². The minimum absolute atomic E-state index is 0.168. The molecule has 31 heavy (non-hydrogen) atoms. The number of anilines is 1. The molecule has 3 rings (SSSR count). The van der Waals surface area contributed by atoms with Crippen LogP contribution in [0.4, 0.5) is 5.69 Å². The van der Waals surface area contributed by atoms with Crippen LogP contribution in [0.25, 0.3) is 5.69 Å². The Kier molecular flexibility index (Phi) is 7.14. The molecule has 1 aromatic carbocycles. The molecule has 0 bridgehead atoms. The van der Waals surface area contributed by atoms with Crippen LogP contribution in [0.2, 0.25) is 10.2 Å². The Hall–Kier alpha value is -2.69. The maximum absolute atomic E-state index is 13.0. The minimum atomic E-state index is -0.940. The number of hydrogen-bond acceptors (Lipinski definition) is 7. The van der Waals surface area contributed by atoms with E-state index in [0.717, 1.165) is 0 Å². The van der Waals surface area contributed by atoms with Crippen molar-refractivity contribution in [3.8, 4) is 5.69 Å². The maximum Gasteiger partial charge on any atom is 0.364 e. The number of amides is 2. The molecule has 1 aliphatic heterocycles. The van der Waals surface area contributed by atoms with Gasteiger partial charge in [-0.15, -0.1) is 5.10 Å². The topological polar surface area (TPSA) is 107 Å². The largest absolute Gasteiger partial charge is 0.364 e. The number of benzene rings is 1. The normalized spacial score (nSPS) is 15.5. The zero-order valence-electron chi connectivity index (χ0n) is 17.1. The molecule has 1 aliphatic rings. The first-order valence-electron chi connectivity index (χ1n) is 9.56. The molecule has 1 unspecified atom stereocenters. The zero-order chi connectivity index (χ0) is 22.7. The molecule has 0 N–H and O–H groups in total. The molecule has 0 spiro atoms. The predicted molar refractivity (Wildman–Crippen MR) is 112 cm³/mol. The summed E-state index contributed by atoms with van der Waals surface area (Å²) in [5.41, 5.74) is 0.834. The van der Waals surface area contributed by atoms with Gasteiger partial charge in [-0.3, -0.25) is 19.4 Å². The highest BCUT2D eigenvalue weighted by Crippen LogP contribution is 2.30. The van der Waals surface area contributed by atoms with Gasteiger partial charge in [0.15, 0.2) is 5.15 Å². The molecule has 0 saturated carbocycles. The Balaban J connectivity index is 1.85. The monoisotopic (exact) mass is 469 g/mol. The van der Waals surface area contributed by atoms with E-state index in [1.807, 2.05) is 0 Å². The summed E-state index contributed by atoms with van der Waals surface area (Å²) in [6, 6.07) is 3.87. The Bertz CT molecular complexity index is 996. The van der Waals surface area contributed by atoms with E-state index in [2.05, 4.69) is 10.3 Å². The Morgan fingerprint density at radius 2 is 1.90 bits per heavy atom. The van der Waals surface area contributed by atoms with E-state index in [1.165, 1.54) is 20.7 Å². The molecule has 1 atom stereocenters. The van der Waals surface area contributed by atoms with Crippen LogP contribution in [0, 0.1) is 0 Å². The highest BCUT2D eigenvalue weighted by molar-refractivity contribution is 6.31. The van der Waals surface area contributed by atoms with Crippen molar-refractivity contribution >= 4 is 46.7 Å². The van der Waals surface area contributed by atoms with Crippen LogP contribution in [0.5, 0.6) is 0 Å². The van der Waals surface area contributed by atoms with Gasteiger partial charge in [0.25, 0.3) is 0 Å². The third-order valence-electron chi connectivity index (χ3n) is 4.52.